The van der Waals surface area contributed by atoms with Gasteiger partial charge in [-0.15, -0.1) is 0 Å². The molecule has 4 rings (SSSR count). The van der Waals surface area contributed by atoms with Crippen LogP contribution in [0.1, 0.15) is 41.9 Å². The standard InChI is InChI=1S/C23H27N5O5S/c1-23(2,3)33-22(31)26-18-13-27(4)19(25-18)20(29)24-15-5-6-16-14(11-15)12-17(32-16)21(30)28-7-9-34-10-8-28/h5-6,11-13H,7-10H2,1-4H3,(H,24,29)(H,26,31). The second-order valence-corrected chi connectivity index (χ2v) is 10.1. The lowest BCUT2D eigenvalue weighted by molar-refractivity contribution is 0.0634. The van der Waals surface area contributed by atoms with Crippen LogP contribution >= 0.6 is 11.8 Å². The van der Waals surface area contributed by atoms with Gasteiger partial charge in [0.1, 0.15) is 11.2 Å². The maximum atomic E-state index is 12.8. The number of nitrogens with zero attached hydrogens (tertiary/aromatic N) is 3. The highest BCUT2D eigenvalue weighted by Gasteiger charge is 2.23. The monoisotopic (exact) mass is 485 g/mol. The summed E-state index contributed by atoms with van der Waals surface area (Å²) in [7, 11) is 1.65. The highest BCUT2D eigenvalue weighted by molar-refractivity contribution is 7.99. The van der Waals surface area contributed by atoms with E-state index in [1.165, 1.54) is 10.8 Å². The number of benzene rings is 1. The fraction of sp³-hybridized carbons (Fsp3) is 0.391. The average Bonchev–Trinajstić information content (AvgIpc) is 3.35. The van der Waals surface area contributed by atoms with E-state index in [9.17, 15) is 14.4 Å². The fourth-order valence-electron chi connectivity index (χ4n) is 3.48. The van der Waals surface area contributed by atoms with Crippen LogP contribution in [-0.2, 0) is 11.8 Å². The Balaban J connectivity index is 1.45. The van der Waals surface area contributed by atoms with Crippen molar-refractivity contribution in [3.63, 3.8) is 0 Å². The number of amides is 3. The Morgan fingerprint density at radius 3 is 2.56 bits per heavy atom. The molecule has 0 atom stereocenters. The Labute approximate surface area is 201 Å². The summed E-state index contributed by atoms with van der Waals surface area (Å²) >= 11 is 1.83. The molecule has 0 bridgehead atoms. The molecule has 0 radical (unpaired) electrons. The summed E-state index contributed by atoms with van der Waals surface area (Å²) in [6.07, 6.45) is 0.867. The lowest BCUT2D eigenvalue weighted by Crippen LogP contribution is -2.37. The predicted octanol–water partition coefficient (Wildman–Crippen LogP) is 3.95. The lowest BCUT2D eigenvalue weighted by Gasteiger charge is -2.25. The molecule has 180 valence electrons. The van der Waals surface area contributed by atoms with Gasteiger partial charge < -0.3 is 23.9 Å². The van der Waals surface area contributed by atoms with Crippen LogP contribution in [-0.4, -0.2) is 62.6 Å². The molecule has 3 aromatic rings. The van der Waals surface area contributed by atoms with E-state index in [1.807, 2.05) is 11.8 Å². The van der Waals surface area contributed by atoms with Gasteiger partial charge in [0.15, 0.2) is 11.6 Å². The van der Waals surface area contributed by atoms with Crippen molar-refractivity contribution in [2.45, 2.75) is 26.4 Å². The van der Waals surface area contributed by atoms with Crippen LogP contribution in [0.15, 0.2) is 34.9 Å². The molecule has 10 nitrogen and oxygen atoms in total. The first-order chi connectivity index (χ1) is 16.1. The summed E-state index contributed by atoms with van der Waals surface area (Å²) in [6, 6.07) is 6.83. The molecule has 11 heteroatoms. The van der Waals surface area contributed by atoms with Crippen molar-refractivity contribution < 1.29 is 23.5 Å². The molecule has 0 saturated carbocycles. The van der Waals surface area contributed by atoms with Gasteiger partial charge in [0, 0.05) is 48.9 Å². The number of thioether (sulfide) groups is 1. The van der Waals surface area contributed by atoms with Gasteiger partial charge in [-0.3, -0.25) is 14.9 Å². The lowest BCUT2D eigenvalue weighted by atomic mass is 10.2. The summed E-state index contributed by atoms with van der Waals surface area (Å²) < 4.78 is 12.5. The van der Waals surface area contributed by atoms with Crippen molar-refractivity contribution in [1.82, 2.24) is 14.5 Å². The van der Waals surface area contributed by atoms with Gasteiger partial charge in [-0.25, -0.2) is 9.78 Å². The number of hydrogen-bond donors (Lipinski definition) is 2. The Morgan fingerprint density at radius 1 is 1.12 bits per heavy atom. The first kappa shape index (κ1) is 23.7. The van der Waals surface area contributed by atoms with E-state index in [0.717, 1.165) is 11.5 Å². The molecule has 2 N–H and O–H groups in total. The van der Waals surface area contributed by atoms with E-state index < -0.39 is 17.6 Å². The fourth-order valence-corrected chi connectivity index (χ4v) is 4.38. The van der Waals surface area contributed by atoms with E-state index in [-0.39, 0.29) is 23.3 Å². The predicted molar refractivity (Wildman–Crippen MR) is 130 cm³/mol. The van der Waals surface area contributed by atoms with Crippen molar-refractivity contribution in [3.8, 4) is 0 Å². The Morgan fingerprint density at radius 2 is 1.85 bits per heavy atom. The number of rotatable bonds is 4. The van der Waals surface area contributed by atoms with Crippen LogP contribution in [0, 0.1) is 0 Å². The number of ether oxygens (including phenoxy) is 1. The van der Waals surface area contributed by atoms with E-state index in [2.05, 4.69) is 15.6 Å². The number of carbonyl (C=O) groups is 3. The second kappa shape index (κ2) is 9.41. The van der Waals surface area contributed by atoms with Crippen molar-refractivity contribution >= 4 is 52.1 Å². The van der Waals surface area contributed by atoms with Gasteiger partial charge in [-0.05, 0) is 45.0 Å². The van der Waals surface area contributed by atoms with E-state index in [4.69, 9.17) is 9.15 Å². The third-order valence-electron chi connectivity index (χ3n) is 4.99. The van der Waals surface area contributed by atoms with Crippen LogP contribution in [0.3, 0.4) is 0 Å². The number of imidazole rings is 1. The zero-order valence-corrected chi connectivity index (χ0v) is 20.3. The van der Waals surface area contributed by atoms with Gasteiger partial charge in [0.25, 0.3) is 11.8 Å². The normalized spacial score (nSPS) is 14.2. The molecule has 0 unspecified atom stereocenters. The molecular weight excluding hydrogens is 458 g/mol. The third-order valence-corrected chi connectivity index (χ3v) is 5.93. The van der Waals surface area contributed by atoms with E-state index in [1.54, 1.807) is 57.0 Å². The first-order valence-corrected chi connectivity index (χ1v) is 12.0. The SMILES string of the molecule is Cn1cc(NC(=O)OC(C)(C)C)nc1C(=O)Nc1ccc2oc(C(=O)N3CCSCC3)cc2c1. The minimum Gasteiger partial charge on any atom is -0.451 e. The minimum atomic E-state index is -0.656. The van der Waals surface area contributed by atoms with Crippen LogP contribution in [0.4, 0.5) is 16.3 Å². The summed E-state index contributed by atoms with van der Waals surface area (Å²) in [5.41, 5.74) is 0.437. The van der Waals surface area contributed by atoms with Crippen LogP contribution < -0.4 is 10.6 Å². The zero-order chi connectivity index (χ0) is 24.5. The number of anilines is 2. The van der Waals surface area contributed by atoms with Crippen molar-refractivity contribution in [2.75, 3.05) is 35.2 Å². The molecule has 1 fully saturated rings. The molecule has 1 saturated heterocycles. The first-order valence-electron chi connectivity index (χ1n) is 10.8. The highest BCUT2D eigenvalue weighted by atomic mass is 32.2. The molecule has 3 heterocycles. The number of hydrogen-bond acceptors (Lipinski definition) is 7. The molecule has 34 heavy (non-hydrogen) atoms. The summed E-state index contributed by atoms with van der Waals surface area (Å²) in [5, 5.41) is 6.02. The quantitative estimate of drug-likeness (QED) is 0.574. The molecule has 3 amide bonds. The highest BCUT2D eigenvalue weighted by Crippen LogP contribution is 2.25. The number of aryl methyl sites for hydroxylation is 1. The topological polar surface area (TPSA) is 119 Å². The van der Waals surface area contributed by atoms with E-state index in [0.29, 0.717) is 29.7 Å². The van der Waals surface area contributed by atoms with Crippen LogP contribution in [0.5, 0.6) is 0 Å². The summed E-state index contributed by atoms with van der Waals surface area (Å²) in [6.45, 7) is 6.68. The number of nitrogens with one attached hydrogen (secondary N) is 2. The van der Waals surface area contributed by atoms with Gasteiger partial charge in [-0.1, -0.05) is 0 Å². The number of aromatic nitrogens is 2. The average molecular weight is 486 g/mol. The number of furan rings is 1. The zero-order valence-electron chi connectivity index (χ0n) is 19.5. The maximum Gasteiger partial charge on any atom is 0.413 e. The Hall–Kier alpha value is -3.47. The molecule has 0 spiro atoms. The molecule has 0 aliphatic carbocycles. The van der Waals surface area contributed by atoms with Crippen molar-refractivity contribution in [1.29, 1.82) is 0 Å². The summed E-state index contributed by atoms with van der Waals surface area (Å²) in [5.74, 6) is 1.86. The minimum absolute atomic E-state index is 0.109. The van der Waals surface area contributed by atoms with Gasteiger partial charge >= 0.3 is 6.09 Å². The van der Waals surface area contributed by atoms with Crippen molar-refractivity contribution in [3.05, 3.63) is 42.0 Å². The third kappa shape index (κ3) is 5.53. The van der Waals surface area contributed by atoms with Crippen LogP contribution in [0.25, 0.3) is 11.0 Å². The summed E-state index contributed by atoms with van der Waals surface area (Å²) in [4.78, 5) is 43.5. The number of fused-ring (bicyclic) bond motifs is 1. The van der Waals surface area contributed by atoms with Crippen LogP contribution in [0.2, 0.25) is 0 Å². The Kier molecular flexibility index (Phi) is 6.56. The largest absolute Gasteiger partial charge is 0.451 e. The maximum absolute atomic E-state index is 12.8. The molecule has 1 aromatic carbocycles. The van der Waals surface area contributed by atoms with E-state index >= 15 is 0 Å². The molecule has 1 aliphatic heterocycles. The van der Waals surface area contributed by atoms with Crippen molar-refractivity contribution in [2.24, 2.45) is 7.05 Å². The molecular formula is C23H27N5O5S. The Bertz CT molecular complexity index is 1240. The smallest absolute Gasteiger partial charge is 0.413 e. The second-order valence-electron chi connectivity index (χ2n) is 8.91. The molecule has 1 aliphatic rings. The number of carbonyl (C=O) groups excluding carboxylic acids is 3. The molecule has 2 aromatic heterocycles. The van der Waals surface area contributed by atoms with Gasteiger partial charge in [0.2, 0.25) is 5.82 Å². The van der Waals surface area contributed by atoms with Gasteiger partial charge in [-0.2, -0.15) is 11.8 Å². The van der Waals surface area contributed by atoms with Gasteiger partial charge in [0.05, 0.1) is 0 Å².